The molecule has 0 saturated heterocycles. The fraction of sp³-hybridized carbons (Fsp3) is 0.300. The molecule has 0 radical (unpaired) electrons. The highest BCUT2D eigenvalue weighted by Crippen LogP contribution is 2.64. The van der Waals surface area contributed by atoms with Gasteiger partial charge in [0.2, 0.25) is 5.91 Å². The third-order valence-electron chi connectivity index (χ3n) is 2.73. The van der Waals surface area contributed by atoms with E-state index in [-0.39, 0.29) is 5.92 Å². The van der Waals surface area contributed by atoms with Gasteiger partial charge >= 0.3 is 0 Å². The molecule has 1 fully saturated rings. The lowest BCUT2D eigenvalue weighted by Gasteiger charge is -1.92. The number of carbonyl (C=O) groups is 1. The van der Waals surface area contributed by atoms with E-state index in [0.717, 1.165) is 4.88 Å². The summed E-state index contributed by atoms with van der Waals surface area (Å²) in [5.74, 6) is -1.58. The van der Waals surface area contributed by atoms with E-state index in [0.29, 0.717) is 0 Å². The molecule has 0 aliphatic heterocycles. The molecule has 0 bridgehead atoms. The van der Waals surface area contributed by atoms with Crippen LogP contribution in [0.3, 0.4) is 0 Å². The fourth-order valence-electron chi connectivity index (χ4n) is 1.94. The largest absolute Gasteiger partial charge is 0.369 e. The van der Waals surface area contributed by atoms with Gasteiger partial charge in [-0.25, -0.2) is 0 Å². The van der Waals surface area contributed by atoms with Crippen LogP contribution in [0.2, 0.25) is 0 Å². The molecule has 1 aromatic heterocycles. The lowest BCUT2D eigenvalue weighted by atomic mass is 10.1. The molecular formula is C10H7N3OS. The Labute approximate surface area is 90.5 Å². The Hall–Kier alpha value is -1.85. The van der Waals surface area contributed by atoms with Crippen LogP contribution in [0.15, 0.2) is 17.5 Å². The van der Waals surface area contributed by atoms with Crippen LogP contribution in [0, 0.1) is 34.0 Å². The Kier molecular flexibility index (Phi) is 1.99. The van der Waals surface area contributed by atoms with Gasteiger partial charge in [0.15, 0.2) is 5.41 Å². The summed E-state index contributed by atoms with van der Waals surface area (Å²) in [4.78, 5) is 12.0. The highest BCUT2D eigenvalue weighted by atomic mass is 32.1. The number of nitrogens with zero attached hydrogens (tertiary/aromatic N) is 2. The van der Waals surface area contributed by atoms with Crippen molar-refractivity contribution in [1.29, 1.82) is 10.5 Å². The van der Waals surface area contributed by atoms with Gasteiger partial charge in [-0.15, -0.1) is 11.3 Å². The van der Waals surface area contributed by atoms with E-state index in [1.54, 1.807) is 0 Å². The van der Waals surface area contributed by atoms with Crippen molar-refractivity contribution in [3.8, 4) is 12.1 Å². The van der Waals surface area contributed by atoms with E-state index in [1.807, 2.05) is 29.7 Å². The van der Waals surface area contributed by atoms with Crippen LogP contribution < -0.4 is 5.73 Å². The maximum Gasteiger partial charge on any atom is 0.224 e. The van der Waals surface area contributed by atoms with Crippen molar-refractivity contribution in [3.05, 3.63) is 22.4 Å². The van der Waals surface area contributed by atoms with Crippen molar-refractivity contribution in [1.82, 2.24) is 0 Å². The van der Waals surface area contributed by atoms with Gasteiger partial charge in [0.05, 0.1) is 18.1 Å². The lowest BCUT2D eigenvalue weighted by Crippen LogP contribution is -2.17. The summed E-state index contributed by atoms with van der Waals surface area (Å²) in [6.45, 7) is 0. The normalized spacial score (nSPS) is 26.3. The topological polar surface area (TPSA) is 90.7 Å². The summed E-state index contributed by atoms with van der Waals surface area (Å²) in [6.07, 6.45) is 0. The standard InChI is InChI=1S/C10H7N3OS/c11-4-10(5-12)7(8(10)9(13)14)6-2-1-3-15-6/h1-3,7-8H,(H2,13,14). The molecule has 1 saturated carbocycles. The van der Waals surface area contributed by atoms with Crippen LogP contribution in [0.4, 0.5) is 0 Å². The second-order valence-corrected chi connectivity index (χ2v) is 4.45. The first-order chi connectivity index (χ1) is 7.17. The van der Waals surface area contributed by atoms with Crippen molar-refractivity contribution < 1.29 is 4.79 Å². The maximum atomic E-state index is 11.1. The highest BCUT2D eigenvalue weighted by molar-refractivity contribution is 7.10. The molecule has 1 amide bonds. The summed E-state index contributed by atoms with van der Waals surface area (Å²) in [6, 6.07) is 7.48. The molecule has 5 heteroatoms. The van der Waals surface area contributed by atoms with Gasteiger partial charge in [0, 0.05) is 10.8 Å². The molecule has 1 heterocycles. The van der Waals surface area contributed by atoms with Gasteiger partial charge in [-0.1, -0.05) is 6.07 Å². The zero-order chi connectivity index (χ0) is 11.1. The Balaban J connectivity index is 2.41. The monoisotopic (exact) mass is 217 g/mol. The van der Waals surface area contributed by atoms with Crippen LogP contribution in [0.5, 0.6) is 0 Å². The first-order valence-electron chi connectivity index (χ1n) is 4.32. The van der Waals surface area contributed by atoms with Crippen LogP contribution in [-0.4, -0.2) is 5.91 Å². The minimum atomic E-state index is -1.24. The molecule has 2 unspecified atom stereocenters. The Morgan fingerprint density at radius 2 is 2.20 bits per heavy atom. The number of rotatable bonds is 2. The molecule has 2 rings (SSSR count). The van der Waals surface area contributed by atoms with Gasteiger partial charge in [-0.2, -0.15) is 10.5 Å². The number of thiophene rings is 1. The molecule has 1 aliphatic carbocycles. The van der Waals surface area contributed by atoms with Crippen molar-refractivity contribution in [2.24, 2.45) is 17.1 Å². The van der Waals surface area contributed by atoms with Crippen molar-refractivity contribution >= 4 is 17.2 Å². The van der Waals surface area contributed by atoms with Crippen LogP contribution in [-0.2, 0) is 4.79 Å². The zero-order valence-electron chi connectivity index (χ0n) is 7.68. The first kappa shape index (κ1) is 9.70. The Morgan fingerprint density at radius 3 is 2.53 bits per heavy atom. The van der Waals surface area contributed by atoms with Crippen molar-refractivity contribution in [2.45, 2.75) is 5.92 Å². The number of nitriles is 2. The molecular weight excluding hydrogens is 210 g/mol. The molecule has 2 N–H and O–H groups in total. The Morgan fingerprint density at radius 1 is 1.53 bits per heavy atom. The molecule has 1 aromatic rings. The third kappa shape index (κ3) is 1.14. The van der Waals surface area contributed by atoms with Crippen LogP contribution >= 0.6 is 11.3 Å². The zero-order valence-corrected chi connectivity index (χ0v) is 8.49. The summed E-state index contributed by atoms with van der Waals surface area (Å²) in [5.41, 5.74) is 3.95. The average molecular weight is 217 g/mol. The summed E-state index contributed by atoms with van der Waals surface area (Å²) >= 11 is 1.44. The second kappa shape index (κ2) is 3.08. The van der Waals surface area contributed by atoms with E-state index in [1.165, 1.54) is 11.3 Å². The summed E-state index contributed by atoms with van der Waals surface area (Å²) in [5, 5.41) is 19.8. The van der Waals surface area contributed by atoms with Crippen LogP contribution in [0.25, 0.3) is 0 Å². The molecule has 4 nitrogen and oxygen atoms in total. The number of hydrogen-bond acceptors (Lipinski definition) is 4. The lowest BCUT2D eigenvalue weighted by molar-refractivity contribution is -0.119. The quantitative estimate of drug-likeness (QED) is 0.800. The van der Waals surface area contributed by atoms with Crippen molar-refractivity contribution in [2.75, 3.05) is 0 Å². The first-order valence-corrected chi connectivity index (χ1v) is 5.20. The van der Waals surface area contributed by atoms with Gasteiger partial charge in [-0.3, -0.25) is 4.79 Å². The number of hydrogen-bond donors (Lipinski definition) is 1. The second-order valence-electron chi connectivity index (χ2n) is 3.47. The molecule has 1 aliphatic rings. The predicted octanol–water partition coefficient (Wildman–Crippen LogP) is 0.980. The minimum Gasteiger partial charge on any atom is -0.369 e. The van der Waals surface area contributed by atoms with E-state index in [9.17, 15) is 4.79 Å². The van der Waals surface area contributed by atoms with E-state index in [2.05, 4.69) is 0 Å². The smallest absolute Gasteiger partial charge is 0.224 e. The average Bonchev–Trinajstić information content (AvgIpc) is 2.62. The van der Waals surface area contributed by atoms with E-state index < -0.39 is 17.2 Å². The third-order valence-corrected chi connectivity index (χ3v) is 3.69. The van der Waals surface area contributed by atoms with Gasteiger partial charge < -0.3 is 5.73 Å². The van der Waals surface area contributed by atoms with Gasteiger partial charge in [-0.05, 0) is 11.4 Å². The van der Waals surface area contributed by atoms with E-state index in [4.69, 9.17) is 16.3 Å². The molecule has 0 aromatic carbocycles. The molecule has 15 heavy (non-hydrogen) atoms. The summed E-state index contributed by atoms with van der Waals surface area (Å²) < 4.78 is 0. The highest BCUT2D eigenvalue weighted by Gasteiger charge is 2.70. The Bertz CT molecular complexity index is 466. The molecule has 0 spiro atoms. The number of primary amides is 1. The number of carbonyl (C=O) groups excluding carboxylic acids is 1. The SMILES string of the molecule is N#CC1(C#N)C(C(N)=O)C1c1cccs1. The number of amides is 1. The minimum absolute atomic E-state index is 0.343. The fourth-order valence-corrected chi connectivity index (χ4v) is 2.88. The number of nitrogens with two attached hydrogens (primary N) is 1. The predicted molar refractivity (Wildman–Crippen MR) is 53.4 cm³/mol. The van der Waals surface area contributed by atoms with Crippen molar-refractivity contribution in [3.63, 3.8) is 0 Å². The van der Waals surface area contributed by atoms with Gasteiger partial charge in [0.25, 0.3) is 0 Å². The summed E-state index contributed by atoms with van der Waals surface area (Å²) in [7, 11) is 0. The maximum absolute atomic E-state index is 11.1. The molecule has 2 atom stereocenters. The molecule has 74 valence electrons. The van der Waals surface area contributed by atoms with E-state index >= 15 is 0 Å². The van der Waals surface area contributed by atoms with Crippen LogP contribution in [0.1, 0.15) is 10.8 Å². The van der Waals surface area contributed by atoms with Gasteiger partial charge in [0.1, 0.15) is 0 Å².